The summed E-state index contributed by atoms with van der Waals surface area (Å²) in [6.07, 6.45) is 0. The summed E-state index contributed by atoms with van der Waals surface area (Å²) in [5.74, 6) is -0.782. The molecule has 0 spiro atoms. The number of aryl methyl sites for hydroxylation is 1. The fraction of sp³-hybridized carbons (Fsp3) is 0.143. The highest BCUT2D eigenvalue weighted by Gasteiger charge is 2.43. The Hall–Kier alpha value is -3.52. The predicted molar refractivity (Wildman–Crippen MR) is 111 cm³/mol. The number of carbonyl (C=O) groups excluding carboxylic acids is 3. The molecule has 7 nitrogen and oxygen atoms in total. The van der Waals surface area contributed by atoms with Crippen molar-refractivity contribution >= 4 is 34.9 Å². The normalized spacial score (nSPS) is 18.3. The van der Waals surface area contributed by atoms with E-state index in [0.29, 0.717) is 16.9 Å². The molecule has 3 aromatic rings. The first-order valence-corrected chi connectivity index (χ1v) is 9.81. The highest BCUT2D eigenvalue weighted by atomic mass is 32.1. The average molecular weight is 406 g/mol. The van der Waals surface area contributed by atoms with Crippen LogP contribution in [-0.4, -0.2) is 22.8 Å². The van der Waals surface area contributed by atoms with Gasteiger partial charge in [0.1, 0.15) is 16.2 Å². The Morgan fingerprint density at radius 1 is 1.14 bits per heavy atom. The molecule has 1 atom stereocenters. The standard InChI is InChI=1S/C21H18N4O3S/c1-12-6-8-13(9-7-12)18-23-16(11-29-18)17(26)22-15-5-3-4-14(10-15)21(2)19(27)24-20(28)25-21/h3-11H,1-2H3,(H,22,26)(H2,24,25,27,28)/t21-/m0/s1. The second-order valence-corrected chi connectivity index (χ2v) is 7.83. The van der Waals surface area contributed by atoms with Gasteiger partial charge in [0.15, 0.2) is 0 Å². The summed E-state index contributed by atoms with van der Waals surface area (Å²) in [7, 11) is 0. The van der Waals surface area contributed by atoms with E-state index in [0.717, 1.165) is 16.1 Å². The number of carbonyl (C=O) groups is 3. The monoisotopic (exact) mass is 406 g/mol. The molecule has 29 heavy (non-hydrogen) atoms. The molecule has 146 valence electrons. The highest BCUT2D eigenvalue weighted by molar-refractivity contribution is 7.13. The Morgan fingerprint density at radius 2 is 1.90 bits per heavy atom. The summed E-state index contributed by atoms with van der Waals surface area (Å²) >= 11 is 1.40. The molecule has 0 radical (unpaired) electrons. The Bertz CT molecular complexity index is 1120. The van der Waals surface area contributed by atoms with E-state index < -0.39 is 17.5 Å². The van der Waals surface area contributed by atoms with Gasteiger partial charge in [0.2, 0.25) is 0 Å². The van der Waals surface area contributed by atoms with Crippen molar-refractivity contribution in [1.29, 1.82) is 0 Å². The molecule has 1 fully saturated rings. The van der Waals surface area contributed by atoms with Crippen LogP contribution >= 0.6 is 11.3 Å². The third-order valence-electron chi connectivity index (χ3n) is 4.78. The van der Waals surface area contributed by atoms with Crippen LogP contribution in [0.15, 0.2) is 53.9 Å². The van der Waals surface area contributed by atoms with Gasteiger partial charge in [-0.15, -0.1) is 11.3 Å². The average Bonchev–Trinajstić information content (AvgIpc) is 3.28. The first-order valence-electron chi connectivity index (χ1n) is 8.93. The largest absolute Gasteiger partial charge is 0.322 e. The van der Waals surface area contributed by atoms with Crippen molar-refractivity contribution in [2.24, 2.45) is 0 Å². The van der Waals surface area contributed by atoms with Crippen molar-refractivity contribution in [2.75, 3.05) is 5.32 Å². The maximum absolute atomic E-state index is 12.6. The van der Waals surface area contributed by atoms with Gasteiger partial charge in [0.05, 0.1) is 0 Å². The van der Waals surface area contributed by atoms with E-state index in [2.05, 4.69) is 20.9 Å². The minimum Gasteiger partial charge on any atom is -0.321 e. The van der Waals surface area contributed by atoms with Gasteiger partial charge in [-0.3, -0.25) is 14.9 Å². The number of aromatic nitrogens is 1. The molecule has 1 aliphatic rings. The zero-order valence-corrected chi connectivity index (χ0v) is 16.6. The number of nitrogens with zero attached hydrogens (tertiary/aromatic N) is 1. The zero-order valence-electron chi connectivity index (χ0n) is 15.8. The van der Waals surface area contributed by atoms with Gasteiger partial charge in [-0.1, -0.05) is 42.0 Å². The first kappa shape index (κ1) is 18.8. The SMILES string of the molecule is Cc1ccc(-c2nc(C(=O)Nc3cccc([C@]4(C)NC(=O)NC4=O)c3)cs2)cc1. The zero-order chi connectivity index (χ0) is 20.6. The van der Waals surface area contributed by atoms with E-state index >= 15 is 0 Å². The smallest absolute Gasteiger partial charge is 0.321 e. The lowest BCUT2D eigenvalue weighted by atomic mass is 9.92. The lowest BCUT2D eigenvalue weighted by Gasteiger charge is -2.21. The van der Waals surface area contributed by atoms with Crippen LogP contribution < -0.4 is 16.0 Å². The summed E-state index contributed by atoms with van der Waals surface area (Å²) in [6, 6.07) is 14.2. The number of nitrogens with one attached hydrogen (secondary N) is 3. The molecule has 8 heteroatoms. The number of hydrogen-bond donors (Lipinski definition) is 3. The van der Waals surface area contributed by atoms with Gasteiger partial charge in [0, 0.05) is 16.6 Å². The molecular formula is C21H18N4O3S. The number of amides is 4. The second kappa shape index (κ2) is 7.14. The van der Waals surface area contributed by atoms with Gasteiger partial charge in [-0.05, 0) is 31.5 Å². The summed E-state index contributed by atoms with van der Waals surface area (Å²) in [5.41, 5.74) is 2.32. The number of rotatable bonds is 4. The van der Waals surface area contributed by atoms with Crippen molar-refractivity contribution in [2.45, 2.75) is 19.4 Å². The van der Waals surface area contributed by atoms with E-state index in [1.807, 2.05) is 31.2 Å². The Balaban J connectivity index is 1.53. The second-order valence-electron chi connectivity index (χ2n) is 6.97. The highest BCUT2D eigenvalue weighted by Crippen LogP contribution is 2.27. The Morgan fingerprint density at radius 3 is 2.59 bits per heavy atom. The third-order valence-corrected chi connectivity index (χ3v) is 5.67. The molecule has 0 bridgehead atoms. The number of imide groups is 1. The quantitative estimate of drug-likeness (QED) is 0.578. The predicted octanol–water partition coefficient (Wildman–Crippen LogP) is 3.43. The van der Waals surface area contributed by atoms with E-state index in [1.165, 1.54) is 11.3 Å². The number of anilines is 1. The molecule has 2 heterocycles. The number of thiazole rings is 1. The number of hydrogen-bond acceptors (Lipinski definition) is 5. The Kier molecular flexibility index (Phi) is 4.63. The van der Waals surface area contributed by atoms with Crippen LogP contribution in [-0.2, 0) is 10.3 Å². The van der Waals surface area contributed by atoms with Crippen LogP contribution in [0, 0.1) is 6.92 Å². The van der Waals surface area contributed by atoms with Gasteiger partial charge < -0.3 is 10.6 Å². The molecule has 3 N–H and O–H groups in total. The topological polar surface area (TPSA) is 100 Å². The van der Waals surface area contributed by atoms with Crippen LogP contribution in [0.1, 0.15) is 28.5 Å². The fourth-order valence-electron chi connectivity index (χ4n) is 3.06. The van der Waals surface area contributed by atoms with Crippen molar-refractivity contribution in [3.63, 3.8) is 0 Å². The summed E-state index contributed by atoms with van der Waals surface area (Å²) < 4.78 is 0. The summed E-state index contributed by atoms with van der Waals surface area (Å²) in [5, 5.41) is 10.1. The summed E-state index contributed by atoms with van der Waals surface area (Å²) in [6.45, 7) is 3.63. The fourth-order valence-corrected chi connectivity index (χ4v) is 3.86. The van der Waals surface area contributed by atoms with Crippen LogP contribution in [0.2, 0.25) is 0 Å². The van der Waals surface area contributed by atoms with Crippen LogP contribution in [0.3, 0.4) is 0 Å². The molecule has 1 aromatic heterocycles. The van der Waals surface area contributed by atoms with Gasteiger partial charge in [0.25, 0.3) is 11.8 Å². The van der Waals surface area contributed by atoms with Crippen LogP contribution in [0.25, 0.3) is 10.6 Å². The van der Waals surface area contributed by atoms with E-state index in [1.54, 1.807) is 36.6 Å². The maximum atomic E-state index is 12.6. The van der Waals surface area contributed by atoms with E-state index in [4.69, 9.17) is 0 Å². The third kappa shape index (κ3) is 3.62. The maximum Gasteiger partial charge on any atom is 0.322 e. The number of urea groups is 1. The molecule has 0 aliphatic carbocycles. The first-order chi connectivity index (χ1) is 13.8. The minimum absolute atomic E-state index is 0.314. The van der Waals surface area contributed by atoms with Crippen molar-refractivity contribution in [3.8, 4) is 10.6 Å². The van der Waals surface area contributed by atoms with Crippen molar-refractivity contribution in [1.82, 2.24) is 15.6 Å². The molecule has 4 rings (SSSR count). The Labute approximate surface area is 171 Å². The lowest BCUT2D eigenvalue weighted by Crippen LogP contribution is -2.40. The molecular weight excluding hydrogens is 388 g/mol. The van der Waals surface area contributed by atoms with Gasteiger partial charge >= 0.3 is 6.03 Å². The molecule has 1 aliphatic heterocycles. The van der Waals surface area contributed by atoms with Gasteiger partial charge in [-0.2, -0.15) is 0 Å². The molecule has 4 amide bonds. The van der Waals surface area contributed by atoms with Crippen LogP contribution in [0.4, 0.5) is 10.5 Å². The van der Waals surface area contributed by atoms with E-state index in [9.17, 15) is 14.4 Å². The molecule has 0 saturated carbocycles. The summed E-state index contributed by atoms with van der Waals surface area (Å²) in [4.78, 5) is 40.7. The van der Waals surface area contributed by atoms with Crippen molar-refractivity contribution in [3.05, 3.63) is 70.7 Å². The lowest BCUT2D eigenvalue weighted by molar-refractivity contribution is -0.123. The molecule has 1 saturated heterocycles. The molecule has 0 unspecified atom stereocenters. The number of benzene rings is 2. The minimum atomic E-state index is -1.18. The van der Waals surface area contributed by atoms with Crippen molar-refractivity contribution < 1.29 is 14.4 Å². The van der Waals surface area contributed by atoms with E-state index in [-0.39, 0.29) is 5.91 Å². The van der Waals surface area contributed by atoms with Gasteiger partial charge in [-0.25, -0.2) is 9.78 Å². The van der Waals surface area contributed by atoms with Crippen LogP contribution in [0.5, 0.6) is 0 Å². The molecule has 2 aromatic carbocycles.